The van der Waals surface area contributed by atoms with Gasteiger partial charge in [-0.1, -0.05) is 13.0 Å². The van der Waals surface area contributed by atoms with Crippen LogP contribution in [0.3, 0.4) is 0 Å². The molecule has 0 bridgehead atoms. The average Bonchev–Trinajstić information content (AvgIpc) is 2.72. The van der Waals surface area contributed by atoms with Crippen molar-refractivity contribution in [3.63, 3.8) is 0 Å². The average molecular weight is 254 g/mol. The summed E-state index contributed by atoms with van der Waals surface area (Å²) in [6, 6.07) is 6.53. The highest BCUT2D eigenvalue weighted by atomic mass is 32.1. The molecule has 1 N–H and O–H groups in total. The Bertz CT molecular complexity index is 495. The lowest BCUT2D eigenvalue weighted by Gasteiger charge is -2.08. The van der Waals surface area contributed by atoms with Gasteiger partial charge >= 0.3 is 0 Å². The van der Waals surface area contributed by atoms with Crippen LogP contribution in [0.25, 0.3) is 10.1 Å². The third kappa shape index (κ3) is 3.03. The highest BCUT2D eigenvalue weighted by Gasteiger charge is 2.11. The zero-order valence-corrected chi connectivity index (χ0v) is 10.5. The van der Waals surface area contributed by atoms with E-state index in [0.717, 1.165) is 21.4 Å². The van der Waals surface area contributed by atoms with Gasteiger partial charge in [0.2, 0.25) is 0 Å². The maximum atomic E-state index is 13.0. The van der Waals surface area contributed by atoms with Gasteiger partial charge in [0.05, 0.1) is 6.61 Å². The van der Waals surface area contributed by atoms with Gasteiger partial charge < -0.3 is 9.84 Å². The molecule has 0 radical (unpaired) electrons. The van der Waals surface area contributed by atoms with E-state index in [4.69, 9.17) is 4.74 Å². The zero-order valence-electron chi connectivity index (χ0n) is 9.65. The molecule has 0 fully saturated rings. The third-order valence-electron chi connectivity index (χ3n) is 2.45. The first-order valence-corrected chi connectivity index (χ1v) is 6.47. The van der Waals surface area contributed by atoms with Gasteiger partial charge in [0, 0.05) is 16.2 Å². The van der Waals surface area contributed by atoms with E-state index < -0.39 is 6.10 Å². The Morgan fingerprint density at radius 3 is 3.00 bits per heavy atom. The summed E-state index contributed by atoms with van der Waals surface area (Å²) in [5, 5.41) is 10.9. The number of thiophene rings is 1. The highest BCUT2D eigenvalue weighted by Crippen LogP contribution is 2.30. The smallest absolute Gasteiger partial charge is 0.124 e. The van der Waals surface area contributed by atoms with E-state index >= 15 is 0 Å². The summed E-state index contributed by atoms with van der Waals surface area (Å²) in [6.07, 6.45) is 0.312. The number of ether oxygens (including phenoxy) is 1. The van der Waals surface area contributed by atoms with Crippen molar-refractivity contribution >= 4 is 21.4 Å². The quantitative estimate of drug-likeness (QED) is 0.827. The molecule has 1 atom stereocenters. The Hall–Kier alpha value is -0.970. The molecule has 0 saturated heterocycles. The Labute approximate surface area is 104 Å². The van der Waals surface area contributed by atoms with Crippen LogP contribution in [0.4, 0.5) is 4.39 Å². The molecule has 4 heteroatoms. The molecule has 1 unspecified atom stereocenters. The summed E-state index contributed by atoms with van der Waals surface area (Å²) in [5.41, 5.74) is 0. The minimum absolute atomic E-state index is 0.248. The summed E-state index contributed by atoms with van der Waals surface area (Å²) >= 11 is 1.41. The van der Waals surface area contributed by atoms with Crippen molar-refractivity contribution in [1.82, 2.24) is 0 Å². The van der Waals surface area contributed by atoms with Crippen molar-refractivity contribution in [3.8, 4) is 0 Å². The fourth-order valence-corrected chi connectivity index (χ4v) is 2.67. The van der Waals surface area contributed by atoms with Gasteiger partial charge in [-0.3, -0.25) is 0 Å². The largest absolute Gasteiger partial charge is 0.385 e. The van der Waals surface area contributed by atoms with Crippen molar-refractivity contribution in [2.75, 3.05) is 13.2 Å². The number of benzene rings is 1. The van der Waals surface area contributed by atoms with Crippen LogP contribution < -0.4 is 0 Å². The molecule has 1 aromatic heterocycles. The predicted octanol–water partition coefficient (Wildman–Crippen LogP) is 3.50. The number of fused-ring (bicyclic) bond motifs is 1. The topological polar surface area (TPSA) is 29.5 Å². The molecule has 0 aliphatic rings. The number of rotatable bonds is 5. The molecule has 0 amide bonds. The van der Waals surface area contributed by atoms with E-state index in [9.17, 15) is 9.50 Å². The molecule has 17 heavy (non-hydrogen) atoms. The number of hydrogen-bond donors (Lipinski definition) is 1. The summed E-state index contributed by atoms with van der Waals surface area (Å²) in [7, 11) is 0. The molecule has 0 aliphatic carbocycles. The second-order valence-corrected chi connectivity index (χ2v) is 5.04. The van der Waals surface area contributed by atoms with E-state index in [-0.39, 0.29) is 5.82 Å². The Morgan fingerprint density at radius 2 is 2.24 bits per heavy atom. The molecule has 2 rings (SSSR count). The molecule has 1 aromatic carbocycles. The summed E-state index contributed by atoms with van der Waals surface area (Å²) in [4.78, 5) is 0.821. The first kappa shape index (κ1) is 12.5. The molecule has 2 aromatic rings. The number of aliphatic hydroxyl groups excluding tert-OH is 1. The van der Waals surface area contributed by atoms with Gasteiger partial charge in [-0.05, 0) is 30.0 Å². The van der Waals surface area contributed by atoms with Crippen LogP contribution >= 0.6 is 11.3 Å². The molecular formula is C13H15FO2S. The van der Waals surface area contributed by atoms with Crippen molar-refractivity contribution < 1.29 is 14.2 Å². The van der Waals surface area contributed by atoms with Crippen LogP contribution in [0, 0.1) is 5.82 Å². The summed E-state index contributed by atoms with van der Waals surface area (Å²) < 4.78 is 19.2. The van der Waals surface area contributed by atoms with Crippen LogP contribution in [-0.2, 0) is 4.74 Å². The second kappa shape index (κ2) is 5.58. The van der Waals surface area contributed by atoms with Crippen LogP contribution in [0.15, 0.2) is 24.3 Å². The van der Waals surface area contributed by atoms with Crippen LogP contribution in [-0.4, -0.2) is 18.3 Å². The van der Waals surface area contributed by atoms with E-state index in [1.54, 1.807) is 6.07 Å². The van der Waals surface area contributed by atoms with Crippen molar-refractivity contribution in [3.05, 3.63) is 35.0 Å². The summed E-state index contributed by atoms with van der Waals surface area (Å²) in [6.45, 7) is 2.97. The lowest BCUT2D eigenvalue weighted by molar-refractivity contribution is 0.0382. The van der Waals surface area contributed by atoms with E-state index in [2.05, 4.69) is 0 Å². The monoisotopic (exact) mass is 254 g/mol. The van der Waals surface area contributed by atoms with Crippen LogP contribution in [0.5, 0.6) is 0 Å². The molecule has 2 nitrogen and oxygen atoms in total. The van der Waals surface area contributed by atoms with Crippen LogP contribution in [0.1, 0.15) is 24.3 Å². The van der Waals surface area contributed by atoms with Crippen molar-refractivity contribution in [2.45, 2.75) is 19.4 Å². The van der Waals surface area contributed by atoms with E-state index in [1.165, 1.54) is 23.5 Å². The van der Waals surface area contributed by atoms with Crippen molar-refractivity contribution in [2.24, 2.45) is 0 Å². The van der Waals surface area contributed by atoms with E-state index in [0.29, 0.717) is 13.2 Å². The first-order chi connectivity index (χ1) is 8.20. The van der Waals surface area contributed by atoms with Gasteiger partial charge in [0.1, 0.15) is 11.9 Å². The fourth-order valence-electron chi connectivity index (χ4n) is 1.61. The molecule has 0 spiro atoms. The Morgan fingerprint density at radius 1 is 1.41 bits per heavy atom. The van der Waals surface area contributed by atoms with Gasteiger partial charge in [0.15, 0.2) is 0 Å². The Kier molecular flexibility index (Phi) is 4.10. The standard InChI is InChI=1S/C13H15FO2S/c1-2-5-16-8-11(15)13-6-9-3-4-10(14)7-12(9)17-13/h3-4,6-7,11,15H,2,5,8H2,1H3. The maximum Gasteiger partial charge on any atom is 0.124 e. The summed E-state index contributed by atoms with van der Waals surface area (Å²) in [5.74, 6) is -0.248. The first-order valence-electron chi connectivity index (χ1n) is 5.65. The lowest BCUT2D eigenvalue weighted by Crippen LogP contribution is -2.05. The van der Waals surface area contributed by atoms with Gasteiger partial charge in [0.25, 0.3) is 0 Å². The highest BCUT2D eigenvalue weighted by molar-refractivity contribution is 7.19. The molecule has 0 aliphatic heterocycles. The third-order valence-corrected chi connectivity index (χ3v) is 3.65. The molecule has 1 heterocycles. The van der Waals surface area contributed by atoms with Crippen molar-refractivity contribution in [1.29, 1.82) is 0 Å². The maximum absolute atomic E-state index is 13.0. The SMILES string of the molecule is CCCOCC(O)c1cc2ccc(F)cc2s1. The molecule has 0 saturated carbocycles. The fraction of sp³-hybridized carbons (Fsp3) is 0.385. The number of hydrogen-bond acceptors (Lipinski definition) is 3. The normalized spacial score (nSPS) is 13.1. The minimum Gasteiger partial charge on any atom is -0.385 e. The number of aliphatic hydroxyl groups is 1. The van der Waals surface area contributed by atoms with Gasteiger partial charge in [-0.25, -0.2) is 4.39 Å². The van der Waals surface area contributed by atoms with Gasteiger partial charge in [-0.15, -0.1) is 11.3 Å². The molecule has 92 valence electrons. The minimum atomic E-state index is -0.623. The van der Waals surface area contributed by atoms with Crippen LogP contribution in [0.2, 0.25) is 0 Å². The lowest BCUT2D eigenvalue weighted by atomic mass is 10.2. The Balaban J connectivity index is 2.12. The second-order valence-electron chi connectivity index (χ2n) is 3.92. The zero-order chi connectivity index (χ0) is 12.3. The van der Waals surface area contributed by atoms with Gasteiger partial charge in [-0.2, -0.15) is 0 Å². The van der Waals surface area contributed by atoms with E-state index in [1.807, 2.05) is 13.0 Å². The number of halogens is 1. The predicted molar refractivity (Wildman–Crippen MR) is 67.9 cm³/mol. The molecular weight excluding hydrogens is 239 g/mol.